The molecule has 0 radical (unpaired) electrons. The molecular weight excluding hydrogens is 184 g/mol. The van der Waals surface area contributed by atoms with Crippen molar-refractivity contribution in [2.45, 2.75) is 45.4 Å². The lowest BCUT2D eigenvalue weighted by Crippen LogP contribution is -2.09. The molecule has 1 aromatic rings. The Morgan fingerprint density at radius 2 is 2.07 bits per heavy atom. The SMILES string of the molecule is C=C(Cc1ccc(C)o1)C1CCCCC1. The normalized spacial score (nSPS) is 17.9. The van der Waals surface area contributed by atoms with Gasteiger partial charge in [0.05, 0.1) is 0 Å². The monoisotopic (exact) mass is 204 g/mol. The average Bonchev–Trinajstić information content (AvgIpc) is 2.65. The Labute approximate surface area is 92.2 Å². The van der Waals surface area contributed by atoms with Gasteiger partial charge in [-0.05, 0) is 37.8 Å². The number of hydrogen-bond donors (Lipinski definition) is 0. The number of rotatable bonds is 3. The topological polar surface area (TPSA) is 13.1 Å². The van der Waals surface area contributed by atoms with E-state index in [4.69, 9.17) is 4.42 Å². The summed E-state index contributed by atoms with van der Waals surface area (Å²) in [4.78, 5) is 0. The van der Waals surface area contributed by atoms with Gasteiger partial charge in [-0.2, -0.15) is 0 Å². The second kappa shape index (κ2) is 4.69. The number of hydrogen-bond acceptors (Lipinski definition) is 1. The minimum atomic E-state index is 0.740. The van der Waals surface area contributed by atoms with E-state index in [0.29, 0.717) is 0 Å². The predicted octanol–water partition coefficient (Wildman–Crippen LogP) is 4.27. The Morgan fingerprint density at radius 3 is 2.67 bits per heavy atom. The van der Waals surface area contributed by atoms with E-state index >= 15 is 0 Å². The zero-order valence-electron chi connectivity index (χ0n) is 9.59. The van der Waals surface area contributed by atoms with E-state index in [-0.39, 0.29) is 0 Å². The zero-order chi connectivity index (χ0) is 10.7. The maximum atomic E-state index is 5.58. The van der Waals surface area contributed by atoms with Crippen LogP contribution in [0.1, 0.15) is 43.6 Å². The summed E-state index contributed by atoms with van der Waals surface area (Å²) < 4.78 is 5.58. The Hall–Kier alpha value is -0.980. The van der Waals surface area contributed by atoms with Gasteiger partial charge in [0.1, 0.15) is 11.5 Å². The minimum absolute atomic E-state index is 0.740. The lowest BCUT2D eigenvalue weighted by atomic mass is 9.83. The number of furan rings is 1. The van der Waals surface area contributed by atoms with E-state index < -0.39 is 0 Å². The van der Waals surface area contributed by atoms with Crippen LogP contribution in [0, 0.1) is 12.8 Å². The molecule has 0 aromatic carbocycles. The Morgan fingerprint density at radius 1 is 1.33 bits per heavy atom. The average molecular weight is 204 g/mol. The predicted molar refractivity (Wildman–Crippen MR) is 62.9 cm³/mol. The van der Waals surface area contributed by atoms with Crippen molar-refractivity contribution >= 4 is 0 Å². The van der Waals surface area contributed by atoms with Crippen molar-refractivity contribution in [1.82, 2.24) is 0 Å². The fourth-order valence-electron chi connectivity index (χ4n) is 2.46. The third-order valence-corrected chi connectivity index (χ3v) is 3.38. The maximum Gasteiger partial charge on any atom is 0.108 e. The molecule has 0 bridgehead atoms. The first-order chi connectivity index (χ1) is 7.25. The molecule has 15 heavy (non-hydrogen) atoms. The van der Waals surface area contributed by atoms with Crippen molar-refractivity contribution in [3.63, 3.8) is 0 Å². The van der Waals surface area contributed by atoms with Crippen LogP contribution in [0.5, 0.6) is 0 Å². The molecule has 0 spiro atoms. The number of allylic oxidation sites excluding steroid dienone is 1. The summed E-state index contributed by atoms with van der Waals surface area (Å²) in [5.41, 5.74) is 1.36. The fourth-order valence-corrected chi connectivity index (χ4v) is 2.46. The summed E-state index contributed by atoms with van der Waals surface area (Å²) in [7, 11) is 0. The van der Waals surface area contributed by atoms with E-state index in [2.05, 4.69) is 12.6 Å². The van der Waals surface area contributed by atoms with E-state index in [9.17, 15) is 0 Å². The second-order valence-corrected chi connectivity index (χ2v) is 4.68. The molecule has 0 N–H and O–H groups in total. The van der Waals surface area contributed by atoms with Gasteiger partial charge in [-0.15, -0.1) is 0 Å². The molecule has 1 fully saturated rings. The van der Waals surface area contributed by atoms with Crippen LogP contribution in [0.4, 0.5) is 0 Å². The summed E-state index contributed by atoms with van der Waals surface area (Å²) >= 11 is 0. The molecule has 1 nitrogen and oxygen atoms in total. The molecule has 1 saturated carbocycles. The van der Waals surface area contributed by atoms with E-state index in [1.807, 2.05) is 13.0 Å². The summed E-state index contributed by atoms with van der Waals surface area (Å²) in [6.45, 7) is 6.22. The first-order valence-corrected chi connectivity index (χ1v) is 5.98. The smallest absolute Gasteiger partial charge is 0.108 e. The molecule has 0 saturated heterocycles. The van der Waals surface area contributed by atoms with Crippen LogP contribution in [0.25, 0.3) is 0 Å². The summed E-state index contributed by atoms with van der Waals surface area (Å²) in [6, 6.07) is 4.10. The quantitative estimate of drug-likeness (QED) is 0.670. The second-order valence-electron chi connectivity index (χ2n) is 4.68. The highest BCUT2D eigenvalue weighted by Crippen LogP contribution is 2.30. The lowest BCUT2D eigenvalue weighted by molar-refractivity contribution is 0.391. The van der Waals surface area contributed by atoms with Crippen LogP contribution in [0.3, 0.4) is 0 Å². The van der Waals surface area contributed by atoms with Gasteiger partial charge in [-0.3, -0.25) is 0 Å². The van der Waals surface area contributed by atoms with Crippen molar-refractivity contribution < 1.29 is 4.42 Å². The van der Waals surface area contributed by atoms with Gasteiger partial charge in [-0.25, -0.2) is 0 Å². The Kier molecular flexibility index (Phi) is 3.30. The molecular formula is C14H20O. The highest BCUT2D eigenvalue weighted by Gasteiger charge is 2.17. The van der Waals surface area contributed by atoms with Crippen LogP contribution in [-0.4, -0.2) is 0 Å². The van der Waals surface area contributed by atoms with Gasteiger partial charge < -0.3 is 4.42 Å². The van der Waals surface area contributed by atoms with Crippen LogP contribution in [0.15, 0.2) is 28.7 Å². The molecule has 1 aliphatic carbocycles. The van der Waals surface area contributed by atoms with Gasteiger partial charge in [0.25, 0.3) is 0 Å². The molecule has 1 aliphatic rings. The van der Waals surface area contributed by atoms with Gasteiger partial charge in [0.2, 0.25) is 0 Å². The van der Waals surface area contributed by atoms with Crippen molar-refractivity contribution in [2.24, 2.45) is 5.92 Å². The van der Waals surface area contributed by atoms with Crippen LogP contribution in [-0.2, 0) is 6.42 Å². The maximum absolute atomic E-state index is 5.58. The molecule has 1 heterocycles. The highest BCUT2D eigenvalue weighted by molar-refractivity contribution is 5.15. The van der Waals surface area contributed by atoms with Crippen LogP contribution >= 0.6 is 0 Å². The molecule has 0 atom stereocenters. The molecule has 0 aliphatic heterocycles. The van der Waals surface area contributed by atoms with Crippen molar-refractivity contribution in [3.05, 3.63) is 35.8 Å². The standard InChI is InChI=1S/C14H20O/c1-11(13-6-4-3-5-7-13)10-14-9-8-12(2)15-14/h8-9,13H,1,3-7,10H2,2H3. The van der Waals surface area contributed by atoms with E-state index in [1.54, 1.807) is 0 Å². The van der Waals surface area contributed by atoms with Crippen LogP contribution in [0.2, 0.25) is 0 Å². The highest BCUT2D eigenvalue weighted by atomic mass is 16.3. The fraction of sp³-hybridized carbons (Fsp3) is 0.571. The summed E-state index contributed by atoms with van der Waals surface area (Å²) in [5, 5.41) is 0. The van der Waals surface area contributed by atoms with Crippen molar-refractivity contribution in [1.29, 1.82) is 0 Å². The van der Waals surface area contributed by atoms with Gasteiger partial charge in [-0.1, -0.05) is 31.4 Å². The van der Waals surface area contributed by atoms with Gasteiger partial charge in [0, 0.05) is 6.42 Å². The summed E-state index contributed by atoms with van der Waals surface area (Å²) in [5.74, 6) is 2.81. The summed E-state index contributed by atoms with van der Waals surface area (Å²) in [6.07, 6.45) is 7.75. The Balaban J connectivity index is 1.91. The molecule has 2 rings (SSSR count). The van der Waals surface area contributed by atoms with Crippen molar-refractivity contribution in [3.8, 4) is 0 Å². The van der Waals surface area contributed by atoms with Gasteiger partial charge >= 0.3 is 0 Å². The Bertz CT molecular complexity index is 329. The van der Waals surface area contributed by atoms with Crippen LogP contribution < -0.4 is 0 Å². The van der Waals surface area contributed by atoms with E-state index in [0.717, 1.165) is 23.9 Å². The van der Waals surface area contributed by atoms with Gasteiger partial charge in [0.15, 0.2) is 0 Å². The lowest BCUT2D eigenvalue weighted by Gasteiger charge is -2.23. The largest absolute Gasteiger partial charge is 0.466 e. The molecule has 82 valence electrons. The molecule has 0 amide bonds. The first kappa shape index (κ1) is 10.5. The number of aryl methyl sites for hydroxylation is 1. The molecule has 0 unspecified atom stereocenters. The zero-order valence-corrected chi connectivity index (χ0v) is 9.59. The third kappa shape index (κ3) is 2.74. The first-order valence-electron chi connectivity index (χ1n) is 5.98. The van der Waals surface area contributed by atoms with Crippen molar-refractivity contribution in [2.75, 3.05) is 0 Å². The minimum Gasteiger partial charge on any atom is -0.466 e. The molecule has 1 aromatic heterocycles. The third-order valence-electron chi connectivity index (χ3n) is 3.38. The molecule has 1 heteroatoms. The van der Waals surface area contributed by atoms with E-state index in [1.165, 1.54) is 37.7 Å².